The summed E-state index contributed by atoms with van der Waals surface area (Å²) in [6.07, 6.45) is 6.36. The molecule has 4 nitrogen and oxygen atoms in total. The van der Waals surface area contributed by atoms with Gasteiger partial charge in [0.2, 0.25) is 12.2 Å². The van der Waals surface area contributed by atoms with E-state index in [0.717, 1.165) is 42.4 Å². The zero-order valence-electron chi connectivity index (χ0n) is 11.6. The second kappa shape index (κ2) is 7.42. The smallest absolute Gasteiger partial charge is 0.211 e. The average molecular weight is 258 g/mol. The first kappa shape index (κ1) is 15.0. The first-order valence-electron chi connectivity index (χ1n) is 6.56. The van der Waals surface area contributed by atoms with E-state index in [2.05, 4.69) is 9.98 Å². The Balaban J connectivity index is 3.72. The summed E-state index contributed by atoms with van der Waals surface area (Å²) in [4.78, 5) is 28.9. The molecule has 1 aromatic carbocycles. The summed E-state index contributed by atoms with van der Waals surface area (Å²) in [5.41, 5.74) is 4.07. The van der Waals surface area contributed by atoms with Gasteiger partial charge in [0.15, 0.2) is 0 Å². The lowest BCUT2D eigenvalue weighted by Gasteiger charge is -2.14. The van der Waals surface area contributed by atoms with Gasteiger partial charge in [0.05, 0.1) is 11.4 Å². The van der Waals surface area contributed by atoms with Crippen LogP contribution in [0.4, 0.5) is 11.4 Å². The van der Waals surface area contributed by atoms with Gasteiger partial charge >= 0.3 is 0 Å². The number of hydrogen-bond donors (Lipinski definition) is 0. The number of carbonyl (C=O) groups excluding carboxylic acids is 2. The van der Waals surface area contributed by atoms with Crippen LogP contribution in [0.5, 0.6) is 0 Å². The molecule has 0 radical (unpaired) electrons. The second-order valence-electron chi connectivity index (χ2n) is 4.23. The highest BCUT2D eigenvalue weighted by Gasteiger charge is 2.15. The lowest BCUT2D eigenvalue weighted by atomic mass is 9.94. The average Bonchev–Trinajstić information content (AvgIpc) is 2.43. The molecule has 0 atom stereocenters. The predicted molar refractivity (Wildman–Crippen MR) is 74.8 cm³/mol. The Bertz CT molecular complexity index is 508. The van der Waals surface area contributed by atoms with Gasteiger partial charge in [0.25, 0.3) is 0 Å². The topological polar surface area (TPSA) is 58.9 Å². The second-order valence-corrected chi connectivity index (χ2v) is 4.23. The number of benzene rings is 1. The lowest BCUT2D eigenvalue weighted by molar-refractivity contribution is 0.564. The van der Waals surface area contributed by atoms with Gasteiger partial charge < -0.3 is 0 Å². The zero-order valence-corrected chi connectivity index (χ0v) is 11.6. The highest BCUT2D eigenvalue weighted by Crippen LogP contribution is 2.37. The van der Waals surface area contributed by atoms with Crippen LogP contribution in [0.25, 0.3) is 0 Å². The first-order valence-corrected chi connectivity index (χ1v) is 6.56. The fraction of sp³-hybridized carbons (Fsp3) is 0.467. The molecule has 0 saturated heterocycles. The Labute approximate surface area is 113 Å². The molecule has 19 heavy (non-hydrogen) atoms. The van der Waals surface area contributed by atoms with Crippen molar-refractivity contribution >= 4 is 23.5 Å². The molecule has 0 aromatic heterocycles. The molecule has 0 fully saturated rings. The Morgan fingerprint density at radius 2 is 1.42 bits per heavy atom. The fourth-order valence-electron chi connectivity index (χ4n) is 2.24. The van der Waals surface area contributed by atoms with E-state index >= 15 is 0 Å². The molecule has 0 spiro atoms. The number of nitrogens with zero attached hydrogens (tertiary/aromatic N) is 2. The van der Waals surface area contributed by atoms with Crippen molar-refractivity contribution in [3.8, 4) is 0 Å². The van der Waals surface area contributed by atoms with Crippen molar-refractivity contribution in [2.24, 2.45) is 9.98 Å². The van der Waals surface area contributed by atoms with E-state index in [1.165, 1.54) is 0 Å². The first-order chi connectivity index (χ1) is 9.23. The third-order valence-electron chi connectivity index (χ3n) is 3.11. The third-order valence-corrected chi connectivity index (χ3v) is 3.11. The zero-order chi connectivity index (χ0) is 14.3. The van der Waals surface area contributed by atoms with Gasteiger partial charge in [-0.15, -0.1) is 0 Å². The number of rotatable bonds is 6. The Kier molecular flexibility index (Phi) is 5.87. The fourth-order valence-corrected chi connectivity index (χ4v) is 2.24. The van der Waals surface area contributed by atoms with Crippen LogP contribution in [0, 0.1) is 0 Å². The van der Waals surface area contributed by atoms with Gasteiger partial charge in [-0.25, -0.2) is 9.59 Å². The van der Waals surface area contributed by atoms with E-state index in [0.29, 0.717) is 11.4 Å². The molecule has 1 aromatic rings. The van der Waals surface area contributed by atoms with Crippen molar-refractivity contribution in [1.29, 1.82) is 0 Å². The molecule has 0 heterocycles. The number of aliphatic imine (C=N–C) groups is 2. The van der Waals surface area contributed by atoms with Crippen molar-refractivity contribution < 1.29 is 9.59 Å². The summed E-state index contributed by atoms with van der Waals surface area (Å²) in [5.74, 6) is 0. The van der Waals surface area contributed by atoms with Gasteiger partial charge in [0.1, 0.15) is 0 Å². The SMILES string of the molecule is CCCc1c(N=C=O)c(CC)cc(CC)c1N=C=O. The van der Waals surface area contributed by atoms with Crippen molar-refractivity contribution in [3.05, 3.63) is 22.8 Å². The highest BCUT2D eigenvalue weighted by atomic mass is 16.1. The Hall–Kier alpha value is -2.02. The van der Waals surface area contributed by atoms with Crippen LogP contribution in [0.2, 0.25) is 0 Å². The van der Waals surface area contributed by atoms with E-state index in [1.54, 1.807) is 12.2 Å². The molecule has 4 heteroatoms. The van der Waals surface area contributed by atoms with Crippen molar-refractivity contribution in [2.45, 2.75) is 46.5 Å². The van der Waals surface area contributed by atoms with Crippen LogP contribution < -0.4 is 0 Å². The molecular formula is C15H18N2O2. The minimum absolute atomic E-state index is 0.616. The molecule has 100 valence electrons. The van der Waals surface area contributed by atoms with Gasteiger partial charge in [-0.2, -0.15) is 9.98 Å². The molecule has 0 saturated carbocycles. The lowest BCUT2D eigenvalue weighted by Crippen LogP contribution is -1.96. The number of hydrogen-bond acceptors (Lipinski definition) is 4. The summed E-state index contributed by atoms with van der Waals surface area (Å²) < 4.78 is 0. The molecule has 0 N–H and O–H groups in total. The number of isocyanates is 2. The van der Waals surface area contributed by atoms with E-state index in [-0.39, 0.29) is 0 Å². The monoisotopic (exact) mass is 258 g/mol. The van der Waals surface area contributed by atoms with Crippen molar-refractivity contribution in [3.63, 3.8) is 0 Å². The van der Waals surface area contributed by atoms with Crippen LogP contribution in [0.3, 0.4) is 0 Å². The van der Waals surface area contributed by atoms with Crippen molar-refractivity contribution in [1.82, 2.24) is 0 Å². The molecule has 0 amide bonds. The van der Waals surface area contributed by atoms with E-state index < -0.39 is 0 Å². The predicted octanol–water partition coefficient (Wildman–Crippen LogP) is 3.70. The van der Waals surface area contributed by atoms with E-state index in [9.17, 15) is 9.59 Å². The standard InChI is InChI=1S/C15H18N2O2/c1-4-7-13-14(16-9-18)11(5-2)8-12(6-3)15(13)17-10-19/h8H,4-7H2,1-3H3. The van der Waals surface area contributed by atoms with Gasteiger partial charge in [0, 0.05) is 5.56 Å². The van der Waals surface area contributed by atoms with Crippen LogP contribution in [-0.2, 0) is 28.9 Å². The van der Waals surface area contributed by atoms with Crippen LogP contribution >= 0.6 is 0 Å². The highest BCUT2D eigenvalue weighted by molar-refractivity contribution is 5.72. The quantitative estimate of drug-likeness (QED) is 0.577. The molecular weight excluding hydrogens is 240 g/mol. The molecule has 0 aliphatic carbocycles. The summed E-state index contributed by atoms with van der Waals surface area (Å²) in [5, 5.41) is 0. The Morgan fingerprint density at radius 1 is 0.947 bits per heavy atom. The van der Waals surface area contributed by atoms with E-state index in [4.69, 9.17) is 0 Å². The molecule has 0 unspecified atom stereocenters. The maximum Gasteiger partial charge on any atom is 0.240 e. The maximum absolute atomic E-state index is 10.6. The normalized spacial score (nSPS) is 9.63. The summed E-state index contributed by atoms with van der Waals surface area (Å²) in [6.45, 7) is 6.06. The van der Waals surface area contributed by atoms with Gasteiger partial charge in [-0.05, 0) is 30.4 Å². The van der Waals surface area contributed by atoms with Crippen LogP contribution in [-0.4, -0.2) is 12.2 Å². The molecule has 1 rings (SSSR count). The third kappa shape index (κ3) is 3.25. The minimum Gasteiger partial charge on any atom is -0.211 e. The summed E-state index contributed by atoms with van der Waals surface area (Å²) >= 11 is 0. The largest absolute Gasteiger partial charge is 0.240 e. The molecule has 0 aliphatic heterocycles. The summed E-state index contributed by atoms with van der Waals surface area (Å²) in [7, 11) is 0. The number of aryl methyl sites for hydroxylation is 2. The van der Waals surface area contributed by atoms with E-state index in [1.807, 2.05) is 26.8 Å². The van der Waals surface area contributed by atoms with Gasteiger partial charge in [-0.1, -0.05) is 33.3 Å². The van der Waals surface area contributed by atoms with Crippen molar-refractivity contribution in [2.75, 3.05) is 0 Å². The molecule has 0 bridgehead atoms. The maximum atomic E-state index is 10.6. The van der Waals surface area contributed by atoms with Crippen LogP contribution in [0.1, 0.15) is 43.9 Å². The van der Waals surface area contributed by atoms with Crippen LogP contribution in [0.15, 0.2) is 16.1 Å². The Morgan fingerprint density at radius 3 is 1.74 bits per heavy atom. The van der Waals surface area contributed by atoms with Gasteiger partial charge in [-0.3, -0.25) is 0 Å². The minimum atomic E-state index is 0.616. The summed E-state index contributed by atoms with van der Waals surface area (Å²) in [6, 6.07) is 1.96. The molecule has 0 aliphatic rings.